The molecule has 1 amide bonds. The Morgan fingerprint density at radius 2 is 2.38 bits per heavy atom. The summed E-state index contributed by atoms with van der Waals surface area (Å²) < 4.78 is 6.61. The normalized spacial score (nSPS) is 18.2. The molecule has 1 aromatic rings. The lowest BCUT2D eigenvalue weighted by Gasteiger charge is -2.22. The van der Waals surface area contributed by atoms with E-state index in [2.05, 4.69) is 26.6 Å². The maximum absolute atomic E-state index is 11.8. The van der Waals surface area contributed by atoms with Gasteiger partial charge in [0.25, 0.3) is 0 Å². The number of carbonyl (C=O) groups excluding carboxylic acids is 1. The lowest BCUT2D eigenvalue weighted by molar-refractivity contribution is -0.121. The van der Waals surface area contributed by atoms with E-state index in [1.54, 1.807) is 0 Å². The van der Waals surface area contributed by atoms with Crippen molar-refractivity contribution in [2.75, 3.05) is 26.2 Å². The molecular formula is C16H23BrN2O2. The van der Waals surface area contributed by atoms with E-state index in [1.807, 2.05) is 24.3 Å². The van der Waals surface area contributed by atoms with Gasteiger partial charge >= 0.3 is 0 Å². The van der Waals surface area contributed by atoms with Crippen LogP contribution in [0.3, 0.4) is 0 Å². The van der Waals surface area contributed by atoms with Crippen LogP contribution in [-0.2, 0) is 4.79 Å². The van der Waals surface area contributed by atoms with Crippen LogP contribution in [0, 0.1) is 5.92 Å². The first kappa shape index (κ1) is 16.3. The smallest absolute Gasteiger partial charge is 0.220 e. The summed E-state index contributed by atoms with van der Waals surface area (Å²) in [4.78, 5) is 11.8. The zero-order valence-electron chi connectivity index (χ0n) is 12.2. The molecule has 1 aromatic carbocycles. The number of amides is 1. The molecule has 1 fully saturated rings. The Kier molecular flexibility index (Phi) is 7.03. The van der Waals surface area contributed by atoms with Gasteiger partial charge in [-0.2, -0.15) is 0 Å². The van der Waals surface area contributed by atoms with Crippen molar-refractivity contribution in [1.29, 1.82) is 0 Å². The maximum Gasteiger partial charge on any atom is 0.220 e. The third-order valence-corrected chi connectivity index (χ3v) is 4.09. The molecule has 4 nitrogen and oxygen atoms in total. The molecule has 0 saturated carbocycles. The minimum atomic E-state index is 0.124. The summed E-state index contributed by atoms with van der Waals surface area (Å²) in [5.41, 5.74) is 0. The van der Waals surface area contributed by atoms with E-state index < -0.39 is 0 Å². The number of nitrogens with one attached hydrogen (secondary N) is 2. The summed E-state index contributed by atoms with van der Waals surface area (Å²) in [6.45, 7) is 3.48. The Morgan fingerprint density at radius 3 is 3.14 bits per heavy atom. The Morgan fingerprint density at radius 1 is 1.48 bits per heavy atom. The zero-order chi connectivity index (χ0) is 14.9. The van der Waals surface area contributed by atoms with Crippen molar-refractivity contribution >= 4 is 21.8 Å². The van der Waals surface area contributed by atoms with E-state index in [0.717, 1.165) is 36.3 Å². The number of rotatable bonds is 7. The molecule has 0 bridgehead atoms. The van der Waals surface area contributed by atoms with Crippen molar-refractivity contribution in [2.24, 2.45) is 5.92 Å². The highest BCUT2D eigenvalue weighted by molar-refractivity contribution is 9.10. The molecule has 1 atom stereocenters. The lowest BCUT2D eigenvalue weighted by atomic mass is 10.00. The first-order valence-corrected chi connectivity index (χ1v) is 8.39. The predicted molar refractivity (Wildman–Crippen MR) is 87.5 cm³/mol. The SMILES string of the molecule is O=C(CCCOc1cccc(Br)c1)NCC1CCCNC1. The fourth-order valence-corrected chi connectivity index (χ4v) is 2.80. The molecule has 0 aromatic heterocycles. The van der Waals surface area contributed by atoms with E-state index in [0.29, 0.717) is 18.9 Å². The molecule has 1 heterocycles. The number of carbonyl (C=O) groups is 1. The van der Waals surface area contributed by atoms with Gasteiger partial charge in [0.2, 0.25) is 5.91 Å². The van der Waals surface area contributed by atoms with Crippen LogP contribution >= 0.6 is 15.9 Å². The van der Waals surface area contributed by atoms with E-state index in [4.69, 9.17) is 4.74 Å². The first-order valence-electron chi connectivity index (χ1n) is 7.60. The highest BCUT2D eigenvalue weighted by Gasteiger charge is 2.13. The summed E-state index contributed by atoms with van der Waals surface area (Å²) in [7, 11) is 0. The van der Waals surface area contributed by atoms with Gasteiger partial charge in [-0.1, -0.05) is 22.0 Å². The molecule has 1 aliphatic heterocycles. The number of piperidine rings is 1. The van der Waals surface area contributed by atoms with E-state index in [-0.39, 0.29) is 5.91 Å². The average molecular weight is 355 g/mol. The molecule has 5 heteroatoms. The standard InChI is InChI=1S/C16H23BrN2O2/c17-14-5-1-6-15(10-14)21-9-3-7-16(20)19-12-13-4-2-8-18-11-13/h1,5-6,10,13,18H,2-4,7-9,11-12H2,(H,19,20). The molecular weight excluding hydrogens is 332 g/mol. The minimum absolute atomic E-state index is 0.124. The second kappa shape index (κ2) is 9.05. The maximum atomic E-state index is 11.8. The highest BCUT2D eigenvalue weighted by Crippen LogP contribution is 2.17. The second-order valence-corrected chi connectivity index (χ2v) is 6.34. The molecule has 0 radical (unpaired) electrons. The second-order valence-electron chi connectivity index (χ2n) is 5.43. The van der Waals surface area contributed by atoms with E-state index in [9.17, 15) is 4.79 Å². The average Bonchev–Trinajstić information content (AvgIpc) is 2.51. The predicted octanol–water partition coefficient (Wildman–Crippen LogP) is 2.72. The summed E-state index contributed by atoms with van der Waals surface area (Å²) in [6, 6.07) is 7.74. The quantitative estimate of drug-likeness (QED) is 0.740. The van der Waals surface area contributed by atoms with Gasteiger partial charge in [0, 0.05) is 17.4 Å². The number of hydrogen-bond acceptors (Lipinski definition) is 3. The molecule has 1 saturated heterocycles. The Labute approximate surface area is 134 Å². The molecule has 2 rings (SSSR count). The van der Waals surface area contributed by atoms with E-state index >= 15 is 0 Å². The van der Waals surface area contributed by atoms with Gasteiger partial charge in [0.1, 0.15) is 5.75 Å². The Balaban J connectivity index is 1.54. The Bertz CT molecular complexity index is 448. The van der Waals surface area contributed by atoms with Crippen molar-refractivity contribution in [2.45, 2.75) is 25.7 Å². The minimum Gasteiger partial charge on any atom is -0.494 e. The topological polar surface area (TPSA) is 50.4 Å². The van der Waals surface area contributed by atoms with Crippen molar-refractivity contribution in [3.05, 3.63) is 28.7 Å². The monoisotopic (exact) mass is 354 g/mol. The largest absolute Gasteiger partial charge is 0.494 e. The van der Waals surface area contributed by atoms with Gasteiger partial charge in [-0.05, 0) is 56.5 Å². The van der Waals surface area contributed by atoms with Crippen molar-refractivity contribution in [3.63, 3.8) is 0 Å². The van der Waals surface area contributed by atoms with Crippen molar-refractivity contribution < 1.29 is 9.53 Å². The zero-order valence-corrected chi connectivity index (χ0v) is 13.8. The molecule has 0 spiro atoms. The van der Waals surface area contributed by atoms with Gasteiger partial charge in [-0.25, -0.2) is 0 Å². The highest BCUT2D eigenvalue weighted by atomic mass is 79.9. The summed E-state index contributed by atoms with van der Waals surface area (Å²) in [5.74, 6) is 1.54. The van der Waals surface area contributed by atoms with Crippen molar-refractivity contribution in [1.82, 2.24) is 10.6 Å². The number of halogens is 1. The van der Waals surface area contributed by atoms with Crippen LogP contribution in [0.4, 0.5) is 0 Å². The van der Waals surface area contributed by atoms with Crippen LogP contribution in [-0.4, -0.2) is 32.1 Å². The van der Waals surface area contributed by atoms with E-state index in [1.165, 1.54) is 12.8 Å². The van der Waals surface area contributed by atoms with Gasteiger partial charge in [-0.15, -0.1) is 0 Å². The van der Waals surface area contributed by atoms with Crippen LogP contribution in [0.2, 0.25) is 0 Å². The van der Waals surface area contributed by atoms with Crippen LogP contribution < -0.4 is 15.4 Å². The fourth-order valence-electron chi connectivity index (χ4n) is 2.42. The van der Waals surface area contributed by atoms with Gasteiger partial charge < -0.3 is 15.4 Å². The first-order chi connectivity index (χ1) is 10.2. The molecule has 116 valence electrons. The molecule has 0 aliphatic carbocycles. The third kappa shape index (κ3) is 6.48. The van der Waals surface area contributed by atoms with Crippen LogP contribution in [0.1, 0.15) is 25.7 Å². The summed E-state index contributed by atoms with van der Waals surface area (Å²) in [6.07, 6.45) is 3.68. The summed E-state index contributed by atoms with van der Waals surface area (Å²) >= 11 is 3.40. The number of benzene rings is 1. The number of hydrogen-bond donors (Lipinski definition) is 2. The number of ether oxygens (including phenoxy) is 1. The molecule has 21 heavy (non-hydrogen) atoms. The molecule has 1 aliphatic rings. The lowest BCUT2D eigenvalue weighted by Crippen LogP contribution is -2.38. The molecule has 2 N–H and O–H groups in total. The van der Waals surface area contributed by atoms with Crippen LogP contribution in [0.5, 0.6) is 5.75 Å². The van der Waals surface area contributed by atoms with Gasteiger partial charge in [0.15, 0.2) is 0 Å². The Hall–Kier alpha value is -1.07. The van der Waals surface area contributed by atoms with Gasteiger partial charge in [-0.3, -0.25) is 4.79 Å². The van der Waals surface area contributed by atoms with Crippen molar-refractivity contribution in [3.8, 4) is 5.75 Å². The van der Waals surface area contributed by atoms with Gasteiger partial charge in [0.05, 0.1) is 6.61 Å². The fraction of sp³-hybridized carbons (Fsp3) is 0.562. The third-order valence-electron chi connectivity index (χ3n) is 3.60. The molecule has 1 unspecified atom stereocenters. The van der Waals surface area contributed by atoms with Crippen LogP contribution in [0.25, 0.3) is 0 Å². The van der Waals surface area contributed by atoms with Crippen LogP contribution in [0.15, 0.2) is 28.7 Å². The summed E-state index contributed by atoms with van der Waals surface area (Å²) in [5, 5.41) is 6.38.